The maximum Gasteiger partial charge on any atom is 0.0822 e. The van der Waals surface area contributed by atoms with Crippen molar-refractivity contribution in [1.29, 1.82) is 0 Å². The van der Waals surface area contributed by atoms with E-state index >= 15 is 0 Å². The minimum Gasteiger partial charge on any atom is -0.319 e. The fraction of sp³-hybridized carbons (Fsp3) is 0.277. The van der Waals surface area contributed by atoms with E-state index in [1.54, 1.807) is 16.2 Å². The van der Waals surface area contributed by atoms with Gasteiger partial charge in [0.1, 0.15) is 0 Å². The molecule has 342 valence electrons. The van der Waals surface area contributed by atoms with Gasteiger partial charge >= 0.3 is 0 Å². The number of fused-ring (bicyclic) bond motifs is 15. The monoisotopic (exact) mass is 915 g/mol. The summed E-state index contributed by atoms with van der Waals surface area (Å²) in [5.41, 5.74) is 20.1. The lowest BCUT2D eigenvalue weighted by Gasteiger charge is -2.61. The number of dihydropyridines is 1. The van der Waals surface area contributed by atoms with E-state index in [1.165, 1.54) is 61.6 Å². The molecule has 10 aliphatic rings. The van der Waals surface area contributed by atoms with Crippen LogP contribution in [-0.2, 0) is 5.41 Å². The first-order chi connectivity index (χ1) is 33.6. The molecule has 0 saturated carbocycles. The third kappa shape index (κ3) is 5.34. The Morgan fingerprint density at radius 3 is 2.36 bits per heavy atom. The second-order valence-corrected chi connectivity index (χ2v) is 25.3. The van der Waals surface area contributed by atoms with Gasteiger partial charge in [0, 0.05) is 44.8 Å². The molecule has 69 heavy (non-hydrogen) atoms. The highest BCUT2D eigenvalue weighted by molar-refractivity contribution is 8.42. The maximum absolute atomic E-state index is 5.53. The maximum atomic E-state index is 5.53. The summed E-state index contributed by atoms with van der Waals surface area (Å²) in [5, 5.41) is 0.213. The van der Waals surface area contributed by atoms with Crippen molar-refractivity contribution in [3.8, 4) is 0 Å². The highest BCUT2D eigenvalue weighted by Crippen LogP contribution is 2.82. The summed E-state index contributed by atoms with van der Waals surface area (Å²) >= 11 is 0. The Kier molecular flexibility index (Phi) is 8.80. The van der Waals surface area contributed by atoms with Gasteiger partial charge in [0.2, 0.25) is 0 Å². The van der Waals surface area contributed by atoms with Gasteiger partial charge < -0.3 is 9.21 Å². The van der Waals surface area contributed by atoms with E-state index in [9.17, 15) is 0 Å². The second kappa shape index (κ2) is 14.6. The first-order valence-electron chi connectivity index (χ1n) is 25.6. The van der Waals surface area contributed by atoms with Crippen molar-refractivity contribution in [3.05, 3.63) is 255 Å². The summed E-state index contributed by atoms with van der Waals surface area (Å²) in [6.45, 7) is 12.4. The molecule has 0 radical (unpaired) electrons. The van der Waals surface area contributed by atoms with Gasteiger partial charge in [0.25, 0.3) is 0 Å². The van der Waals surface area contributed by atoms with Crippen LogP contribution in [0, 0.1) is 23.2 Å². The Morgan fingerprint density at radius 2 is 1.55 bits per heavy atom. The van der Waals surface area contributed by atoms with Crippen molar-refractivity contribution in [3.63, 3.8) is 0 Å². The predicted molar refractivity (Wildman–Crippen MR) is 291 cm³/mol. The Balaban J connectivity index is 1.07. The zero-order chi connectivity index (χ0) is 46.6. The molecule has 0 saturated heterocycles. The van der Waals surface area contributed by atoms with Crippen LogP contribution in [0.5, 0.6) is 0 Å². The average molecular weight is 916 g/mol. The van der Waals surface area contributed by atoms with Crippen molar-refractivity contribution < 1.29 is 0 Å². The number of benzene rings is 4. The lowest BCUT2D eigenvalue weighted by atomic mass is 9.51. The first-order valence-corrected chi connectivity index (χ1v) is 27.6. The van der Waals surface area contributed by atoms with Crippen LogP contribution in [0.4, 0.5) is 5.69 Å². The Bertz CT molecular complexity index is 3330. The summed E-state index contributed by atoms with van der Waals surface area (Å²) in [6, 6.07) is 39.0. The lowest BCUT2D eigenvalue weighted by Crippen LogP contribution is -2.54. The van der Waals surface area contributed by atoms with Gasteiger partial charge in [0.05, 0.1) is 33.6 Å². The van der Waals surface area contributed by atoms with Crippen LogP contribution in [0.3, 0.4) is 0 Å². The van der Waals surface area contributed by atoms with Gasteiger partial charge in [-0.2, -0.15) is 0 Å². The number of rotatable bonds is 4. The van der Waals surface area contributed by atoms with E-state index < -0.39 is 15.6 Å². The smallest absolute Gasteiger partial charge is 0.0822 e. The van der Waals surface area contributed by atoms with Crippen molar-refractivity contribution in [2.75, 3.05) is 10.6 Å². The third-order valence-electron chi connectivity index (χ3n) is 18.1. The topological polar surface area (TPSA) is 18.8 Å². The van der Waals surface area contributed by atoms with E-state index in [0.717, 1.165) is 30.5 Å². The molecular formula is C65H61N3S. The quantitative estimate of drug-likeness (QED) is 0.203. The number of aliphatic imine (C=N–C) groups is 1. The van der Waals surface area contributed by atoms with Crippen LogP contribution in [0.25, 0.3) is 10.5 Å². The molecule has 5 heterocycles. The summed E-state index contributed by atoms with van der Waals surface area (Å²) in [5.74, 6) is 1.33. The number of hydrogen-bond donors (Lipinski definition) is 0. The molecule has 0 amide bonds. The SMILES string of the molecule is CC1C=C2C(=CC1)N1C3=C(CC(C)C=C3)C3C1=C(C=C1c4cc(C5=CC(c6ccccc6)=NC(c6ccccc6)C5C)ccc4N(C4(C)C=CC=CC4)S13C)C21c2ccccc2C2C=CC=CC21C. The molecule has 0 N–H and O–H groups in total. The van der Waals surface area contributed by atoms with Crippen molar-refractivity contribution in [2.45, 2.75) is 82.0 Å². The summed E-state index contributed by atoms with van der Waals surface area (Å²) < 4.78 is 2.99. The Morgan fingerprint density at radius 1 is 0.768 bits per heavy atom. The van der Waals surface area contributed by atoms with E-state index in [0.29, 0.717) is 11.8 Å². The van der Waals surface area contributed by atoms with Crippen molar-refractivity contribution >= 4 is 32.1 Å². The zero-order valence-corrected chi connectivity index (χ0v) is 41.5. The Labute approximate surface area is 411 Å². The van der Waals surface area contributed by atoms with Gasteiger partial charge in [-0.05, 0) is 125 Å². The molecule has 5 aliphatic heterocycles. The summed E-state index contributed by atoms with van der Waals surface area (Å²) in [6.07, 6.45) is 40.7. The van der Waals surface area contributed by atoms with E-state index in [-0.39, 0.29) is 34.1 Å². The molecule has 3 nitrogen and oxygen atoms in total. The predicted octanol–water partition coefficient (Wildman–Crippen LogP) is 15.6. The second-order valence-electron chi connectivity index (χ2n) is 22.1. The number of hydrogen-bond acceptors (Lipinski definition) is 3. The standard InChI is InChI=1S/C65H61N3S/c1-41-27-30-56-50(36-41)62-61-54(65(53-37-42(2)28-31-58(53)67(56)61)52-26-15-14-24-47(52)51-25-16-19-35-64(51,65)5)40-59-49-38-46(29-32-57(49)68(69(59,62)6)63(4)33-17-9-18-34-63)48-39-55(44-20-10-7-11-21-44)66-60(43(48)3)45-22-12-8-13-23-45/h7-27,29-33,35,37-43,51,60,62H,28,34,36H2,1-6H3. The molecule has 1 spiro atoms. The van der Waals surface area contributed by atoms with Crippen LogP contribution in [-0.4, -0.2) is 27.7 Å². The van der Waals surface area contributed by atoms with Crippen LogP contribution >= 0.6 is 10.2 Å². The van der Waals surface area contributed by atoms with Crippen LogP contribution in [0.2, 0.25) is 0 Å². The zero-order valence-electron chi connectivity index (χ0n) is 40.7. The average Bonchev–Trinajstić information content (AvgIpc) is 3.93. The minimum absolute atomic E-state index is 0.00198. The molecule has 10 unspecified atom stereocenters. The molecule has 10 atom stereocenters. The van der Waals surface area contributed by atoms with E-state index in [1.807, 2.05) is 0 Å². The van der Waals surface area contributed by atoms with Gasteiger partial charge in [-0.15, -0.1) is 10.2 Å². The fourth-order valence-electron chi connectivity index (χ4n) is 15.1. The van der Waals surface area contributed by atoms with Crippen LogP contribution in [0.1, 0.15) is 99.2 Å². The van der Waals surface area contributed by atoms with Gasteiger partial charge in [0.15, 0.2) is 0 Å². The summed E-state index contributed by atoms with van der Waals surface area (Å²) in [4.78, 5) is 9.90. The molecule has 0 aromatic heterocycles. The lowest BCUT2D eigenvalue weighted by molar-refractivity contribution is 0.261. The summed E-state index contributed by atoms with van der Waals surface area (Å²) in [7, 11) is -1.81. The molecular weight excluding hydrogens is 855 g/mol. The Hall–Kier alpha value is -6.36. The van der Waals surface area contributed by atoms with Crippen molar-refractivity contribution in [2.24, 2.45) is 28.2 Å². The molecule has 4 aromatic carbocycles. The normalized spacial score (nSPS) is 35.8. The molecule has 14 rings (SSSR count). The van der Waals surface area contributed by atoms with E-state index in [4.69, 9.17) is 4.99 Å². The van der Waals surface area contributed by atoms with Crippen LogP contribution < -0.4 is 4.31 Å². The van der Waals surface area contributed by atoms with Gasteiger partial charge in [-0.3, -0.25) is 4.99 Å². The molecule has 0 bridgehead atoms. The molecule has 4 heteroatoms. The van der Waals surface area contributed by atoms with Gasteiger partial charge in [-0.25, -0.2) is 0 Å². The largest absolute Gasteiger partial charge is 0.319 e. The van der Waals surface area contributed by atoms with Crippen molar-refractivity contribution in [1.82, 2.24) is 4.90 Å². The third-order valence-corrected chi connectivity index (χ3v) is 22.1. The van der Waals surface area contributed by atoms with Gasteiger partial charge in [-0.1, -0.05) is 186 Å². The molecule has 4 aromatic rings. The van der Waals surface area contributed by atoms with Crippen LogP contribution in [0.15, 0.2) is 227 Å². The highest BCUT2D eigenvalue weighted by Gasteiger charge is 2.69. The first kappa shape index (κ1) is 41.6. The number of anilines is 1. The number of nitrogens with zero attached hydrogens (tertiary/aromatic N) is 3. The van der Waals surface area contributed by atoms with E-state index in [2.05, 4.69) is 238 Å². The highest BCUT2D eigenvalue weighted by atomic mass is 32.3. The molecule has 0 fully saturated rings. The minimum atomic E-state index is -1.81. The fourth-order valence-corrected chi connectivity index (χ4v) is 19.7. The number of allylic oxidation sites excluding steroid dienone is 14. The molecule has 5 aliphatic carbocycles.